The second-order valence-electron chi connectivity index (χ2n) is 5.12. The smallest absolute Gasteiger partial charge is 0.325 e. The van der Waals surface area contributed by atoms with Crippen LogP contribution in [-0.2, 0) is 0 Å². The van der Waals surface area contributed by atoms with E-state index in [1.165, 1.54) is 0 Å². The molecule has 4 aromatic rings. The normalized spacial score (nSPS) is 10.9. The summed E-state index contributed by atoms with van der Waals surface area (Å²) in [6.45, 7) is 0. The maximum Gasteiger partial charge on any atom is 0.325 e. The van der Waals surface area contributed by atoms with E-state index in [1.54, 1.807) is 0 Å². The third kappa shape index (κ3) is 2.29. The zero-order valence-electron chi connectivity index (χ0n) is 11.7. The summed E-state index contributed by atoms with van der Waals surface area (Å²) in [6.07, 6.45) is 0. The molecule has 4 N–H and O–H groups in total. The number of hydrogen-bond acceptors (Lipinski definition) is 1. The number of anilines is 2. The molecule has 0 saturated heterocycles. The first-order chi connectivity index (χ1) is 10.8. The van der Waals surface area contributed by atoms with Crippen molar-refractivity contribution < 1.29 is 4.79 Å². The number of H-pyrrole nitrogens is 2. The van der Waals surface area contributed by atoms with E-state index >= 15 is 0 Å². The maximum atomic E-state index is 12.1. The van der Waals surface area contributed by atoms with Gasteiger partial charge in [0.2, 0.25) is 0 Å². The molecule has 0 saturated carbocycles. The Kier molecular flexibility index (Phi) is 2.83. The van der Waals surface area contributed by atoms with Crippen molar-refractivity contribution in [3.8, 4) is 0 Å². The minimum absolute atomic E-state index is 0.293. The summed E-state index contributed by atoms with van der Waals surface area (Å²) in [6, 6.07) is 19.3. The zero-order valence-corrected chi connectivity index (χ0v) is 11.7. The van der Waals surface area contributed by atoms with Crippen LogP contribution < -0.4 is 10.6 Å². The van der Waals surface area contributed by atoms with Gasteiger partial charge in [0.25, 0.3) is 0 Å². The maximum absolute atomic E-state index is 12.1. The Morgan fingerprint density at radius 2 is 1.18 bits per heavy atom. The minimum Gasteiger partial charge on any atom is -0.341 e. The number of carbonyl (C=O) groups excluding carboxylic acids is 1. The van der Waals surface area contributed by atoms with Gasteiger partial charge in [0.05, 0.1) is 0 Å². The van der Waals surface area contributed by atoms with Gasteiger partial charge in [-0.15, -0.1) is 0 Å². The number of para-hydroxylation sites is 2. The van der Waals surface area contributed by atoms with E-state index in [2.05, 4.69) is 20.6 Å². The number of benzene rings is 2. The fourth-order valence-corrected chi connectivity index (χ4v) is 2.56. The van der Waals surface area contributed by atoms with E-state index in [0.29, 0.717) is 11.6 Å². The first-order valence-electron chi connectivity index (χ1n) is 7.01. The molecule has 0 fully saturated rings. The van der Waals surface area contributed by atoms with Crippen LogP contribution in [0.15, 0.2) is 60.7 Å². The van der Waals surface area contributed by atoms with Gasteiger partial charge in [0, 0.05) is 21.8 Å². The van der Waals surface area contributed by atoms with Crippen LogP contribution in [0.5, 0.6) is 0 Å². The van der Waals surface area contributed by atoms with Crippen LogP contribution >= 0.6 is 0 Å². The molecule has 0 spiro atoms. The molecule has 0 aliphatic rings. The van der Waals surface area contributed by atoms with Crippen molar-refractivity contribution in [1.82, 2.24) is 9.97 Å². The van der Waals surface area contributed by atoms with Crippen LogP contribution in [0.25, 0.3) is 21.8 Å². The summed E-state index contributed by atoms with van der Waals surface area (Å²) in [5, 5.41) is 7.71. The topological polar surface area (TPSA) is 72.7 Å². The van der Waals surface area contributed by atoms with Crippen LogP contribution in [0.3, 0.4) is 0 Å². The molecule has 0 atom stereocenters. The van der Waals surface area contributed by atoms with Crippen LogP contribution in [0.4, 0.5) is 16.4 Å². The molecule has 5 nitrogen and oxygen atoms in total. The van der Waals surface area contributed by atoms with Gasteiger partial charge in [0.1, 0.15) is 11.6 Å². The molecule has 0 aliphatic carbocycles. The molecule has 2 amide bonds. The van der Waals surface area contributed by atoms with Crippen molar-refractivity contribution in [2.24, 2.45) is 0 Å². The van der Waals surface area contributed by atoms with E-state index < -0.39 is 0 Å². The van der Waals surface area contributed by atoms with Crippen molar-refractivity contribution in [2.45, 2.75) is 0 Å². The third-order valence-electron chi connectivity index (χ3n) is 3.56. The highest BCUT2D eigenvalue weighted by Crippen LogP contribution is 2.20. The molecule has 2 heterocycles. The van der Waals surface area contributed by atoms with Crippen molar-refractivity contribution in [1.29, 1.82) is 0 Å². The lowest BCUT2D eigenvalue weighted by Crippen LogP contribution is -2.19. The van der Waals surface area contributed by atoms with Gasteiger partial charge < -0.3 is 9.97 Å². The molecule has 22 heavy (non-hydrogen) atoms. The van der Waals surface area contributed by atoms with E-state index in [4.69, 9.17) is 0 Å². The van der Waals surface area contributed by atoms with Gasteiger partial charge in [0.15, 0.2) is 0 Å². The fourth-order valence-electron chi connectivity index (χ4n) is 2.56. The number of nitrogens with one attached hydrogen (secondary N) is 4. The Morgan fingerprint density at radius 3 is 1.64 bits per heavy atom. The van der Waals surface area contributed by atoms with Crippen LogP contribution in [0, 0.1) is 0 Å². The quantitative estimate of drug-likeness (QED) is 0.437. The van der Waals surface area contributed by atoms with Gasteiger partial charge in [-0.2, -0.15) is 0 Å². The lowest BCUT2D eigenvalue weighted by Gasteiger charge is -2.03. The number of aromatic nitrogens is 2. The standard InChI is InChI=1S/C17H14N4O/c22-17(20-15-9-11-5-1-3-7-13(11)18-15)21-16-10-12-6-2-4-8-14(12)19-16/h1-10,18-19H,(H2,20,21,22). The SMILES string of the molecule is O=C(Nc1cc2ccccc2[nH]1)Nc1cc2ccccc2[nH]1. The Bertz CT molecular complexity index is 823. The molecule has 2 aromatic carbocycles. The van der Waals surface area contributed by atoms with Crippen LogP contribution in [0.2, 0.25) is 0 Å². The Labute approximate surface area is 126 Å². The van der Waals surface area contributed by atoms with Gasteiger partial charge in [-0.1, -0.05) is 36.4 Å². The highest BCUT2D eigenvalue weighted by atomic mass is 16.2. The molecule has 4 rings (SSSR count). The first kappa shape index (κ1) is 12.5. The van der Waals surface area contributed by atoms with Crippen molar-refractivity contribution in [3.05, 3.63) is 60.7 Å². The molecule has 0 radical (unpaired) electrons. The molecular weight excluding hydrogens is 276 g/mol. The summed E-state index contributed by atoms with van der Waals surface area (Å²) in [5.74, 6) is 1.32. The lowest BCUT2D eigenvalue weighted by atomic mass is 10.2. The second-order valence-corrected chi connectivity index (χ2v) is 5.12. The Morgan fingerprint density at radius 1 is 0.727 bits per heavy atom. The molecule has 108 valence electrons. The van der Waals surface area contributed by atoms with E-state index in [-0.39, 0.29) is 6.03 Å². The fraction of sp³-hybridized carbons (Fsp3) is 0. The van der Waals surface area contributed by atoms with Gasteiger partial charge in [-0.3, -0.25) is 10.6 Å². The molecule has 2 aromatic heterocycles. The van der Waals surface area contributed by atoms with Gasteiger partial charge in [-0.05, 0) is 24.3 Å². The number of fused-ring (bicyclic) bond motifs is 2. The van der Waals surface area contributed by atoms with Gasteiger partial charge in [-0.25, -0.2) is 4.79 Å². The minimum atomic E-state index is -0.293. The molecule has 5 heteroatoms. The predicted molar refractivity (Wildman–Crippen MR) is 89.2 cm³/mol. The lowest BCUT2D eigenvalue weighted by molar-refractivity contribution is 0.262. The number of aromatic amines is 2. The van der Waals surface area contributed by atoms with Crippen LogP contribution in [0.1, 0.15) is 0 Å². The number of carbonyl (C=O) groups is 1. The summed E-state index contributed by atoms with van der Waals surface area (Å²) in [7, 11) is 0. The zero-order chi connectivity index (χ0) is 14.9. The van der Waals surface area contributed by atoms with Crippen LogP contribution in [-0.4, -0.2) is 16.0 Å². The third-order valence-corrected chi connectivity index (χ3v) is 3.56. The average Bonchev–Trinajstić information content (AvgIpc) is 3.08. The molecule has 0 unspecified atom stereocenters. The summed E-state index contributed by atoms with van der Waals surface area (Å²) >= 11 is 0. The summed E-state index contributed by atoms with van der Waals surface area (Å²) < 4.78 is 0. The average molecular weight is 290 g/mol. The number of amides is 2. The second kappa shape index (κ2) is 4.96. The van der Waals surface area contributed by atoms with Crippen molar-refractivity contribution in [2.75, 3.05) is 10.6 Å². The van der Waals surface area contributed by atoms with Gasteiger partial charge >= 0.3 is 6.03 Å². The number of rotatable bonds is 2. The van der Waals surface area contributed by atoms with Crippen molar-refractivity contribution in [3.63, 3.8) is 0 Å². The summed E-state index contributed by atoms with van der Waals surface area (Å²) in [5.41, 5.74) is 1.98. The van der Waals surface area contributed by atoms with Crippen molar-refractivity contribution >= 4 is 39.5 Å². The number of urea groups is 1. The highest BCUT2D eigenvalue weighted by molar-refractivity contribution is 6.01. The predicted octanol–water partition coefficient (Wildman–Crippen LogP) is 4.29. The number of hydrogen-bond donors (Lipinski definition) is 4. The Balaban J connectivity index is 1.52. The molecule has 0 bridgehead atoms. The summed E-state index contributed by atoms with van der Waals surface area (Å²) in [4.78, 5) is 18.4. The first-order valence-corrected chi connectivity index (χ1v) is 7.01. The van der Waals surface area contributed by atoms with E-state index in [0.717, 1.165) is 21.8 Å². The van der Waals surface area contributed by atoms with E-state index in [1.807, 2.05) is 60.7 Å². The Hall–Kier alpha value is -3.21. The largest absolute Gasteiger partial charge is 0.341 e. The van der Waals surface area contributed by atoms with E-state index in [9.17, 15) is 4.79 Å². The highest BCUT2D eigenvalue weighted by Gasteiger charge is 2.07. The molecular formula is C17H14N4O. The monoisotopic (exact) mass is 290 g/mol. The molecule has 0 aliphatic heterocycles.